The second kappa shape index (κ2) is 5.03. The van der Waals surface area contributed by atoms with Crippen LogP contribution in [0.15, 0.2) is 18.2 Å². The van der Waals surface area contributed by atoms with Gasteiger partial charge in [0, 0.05) is 12.1 Å². The molecule has 0 aliphatic heterocycles. The molecule has 0 unspecified atom stereocenters. The largest absolute Gasteiger partial charge is 0.369 e. The Hall–Kier alpha value is -1.84. The van der Waals surface area contributed by atoms with Gasteiger partial charge in [-0.05, 0) is 56.4 Å². The standard InChI is InChI=1S/C15H20N2O2/c1-15(2,14(16)19)9-17-13(18)12-7-6-10-4-3-5-11(10)8-12/h6-8H,3-5,9H2,1-2H3,(H2,16,19)(H,17,18). The number of benzene rings is 1. The van der Waals surface area contributed by atoms with Crippen LogP contribution in [0.3, 0.4) is 0 Å². The first-order chi connectivity index (χ1) is 8.90. The molecule has 4 heteroatoms. The number of rotatable bonds is 4. The van der Waals surface area contributed by atoms with Gasteiger partial charge in [-0.15, -0.1) is 0 Å². The van der Waals surface area contributed by atoms with Crippen LogP contribution < -0.4 is 11.1 Å². The number of carbonyl (C=O) groups is 2. The molecule has 0 aromatic heterocycles. The van der Waals surface area contributed by atoms with Crippen molar-refractivity contribution in [1.82, 2.24) is 5.32 Å². The predicted molar refractivity (Wildman–Crippen MR) is 73.8 cm³/mol. The van der Waals surface area contributed by atoms with Gasteiger partial charge in [-0.2, -0.15) is 0 Å². The van der Waals surface area contributed by atoms with Crippen molar-refractivity contribution in [2.45, 2.75) is 33.1 Å². The maximum atomic E-state index is 12.1. The third kappa shape index (κ3) is 2.95. The Bertz CT molecular complexity index is 521. The highest BCUT2D eigenvalue weighted by Crippen LogP contribution is 2.23. The molecule has 1 aliphatic rings. The fraction of sp³-hybridized carbons (Fsp3) is 0.467. The summed E-state index contributed by atoms with van der Waals surface area (Å²) in [5.74, 6) is -0.564. The molecule has 4 nitrogen and oxygen atoms in total. The number of hydrogen-bond acceptors (Lipinski definition) is 2. The van der Waals surface area contributed by atoms with E-state index in [1.54, 1.807) is 13.8 Å². The molecule has 0 atom stereocenters. The molecule has 0 fully saturated rings. The minimum atomic E-state index is -0.730. The van der Waals surface area contributed by atoms with Crippen LogP contribution in [-0.2, 0) is 17.6 Å². The van der Waals surface area contributed by atoms with Gasteiger partial charge in [-0.1, -0.05) is 6.07 Å². The Kier molecular flexibility index (Phi) is 3.60. The van der Waals surface area contributed by atoms with E-state index in [1.165, 1.54) is 11.1 Å². The Labute approximate surface area is 113 Å². The van der Waals surface area contributed by atoms with Crippen LogP contribution in [0.25, 0.3) is 0 Å². The lowest BCUT2D eigenvalue weighted by molar-refractivity contribution is -0.125. The van der Waals surface area contributed by atoms with Crippen molar-refractivity contribution in [2.24, 2.45) is 11.1 Å². The van der Waals surface area contributed by atoms with Crippen molar-refractivity contribution < 1.29 is 9.59 Å². The van der Waals surface area contributed by atoms with Crippen LogP contribution in [0.4, 0.5) is 0 Å². The molecule has 19 heavy (non-hydrogen) atoms. The SMILES string of the molecule is CC(C)(CNC(=O)c1ccc2c(c1)CCC2)C(N)=O. The molecule has 0 saturated carbocycles. The van der Waals surface area contributed by atoms with Crippen molar-refractivity contribution in [2.75, 3.05) is 6.54 Å². The van der Waals surface area contributed by atoms with Crippen LogP contribution in [0, 0.1) is 5.41 Å². The minimum absolute atomic E-state index is 0.149. The van der Waals surface area contributed by atoms with E-state index in [4.69, 9.17) is 5.73 Å². The normalized spacial score (nSPS) is 14.0. The van der Waals surface area contributed by atoms with Crippen LogP contribution in [-0.4, -0.2) is 18.4 Å². The smallest absolute Gasteiger partial charge is 0.251 e. The third-order valence-electron chi connectivity index (χ3n) is 3.72. The zero-order valence-electron chi connectivity index (χ0n) is 11.5. The fourth-order valence-electron chi connectivity index (χ4n) is 2.20. The van der Waals surface area contributed by atoms with Crippen LogP contribution in [0.2, 0.25) is 0 Å². The van der Waals surface area contributed by atoms with Gasteiger partial charge in [-0.25, -0.2) is 0 Å². The number of fused-ring (bicyclic) bond motifs is 1. The van der Waals surface area contributed by atoms with Gasteiger partial charge < -0.3 is 11.1 Å². The summed E-state index contributed by atoms with van der Waals surface area (Å²) in [6.45, 7) is 3.69. The first kappa shape index (κ1) is 13.6. The van der Waals surface area contributed by atoms with Crippen LogP contribution >= 0.6 is 0 Å². The van der Waals surface area contributed by atoms with Crippen LogP contribution in [0.1, 0.15) is 41.8 Å². The molecule has 0 spiro atoms. The maximum absolute atomic E-state index is 12.1. The maximum Gasteiger partial charge on any atom is 0.251 e. The Morgan fingerprint density at radius 2 is 1.95 bits per heavy atom. The number of nitrogens with one attached hydrogen (secondary N) is 1. The predicted octanol–water partition coefficient (Wildman–Crippen LogP) is 1.42. The van der Waals surface area contributed by atoms with E-state index in [9.17, 15) is 9.59 Å². The second-order valence-corrected chi connectivity index (χ2v) is 5.77. The summed E-state index contributed by atoms with van der Waals surface area (Å²) in [6.07, 6.45) is 3.31. The highest BCUT2D eigenvalue weighted by atomic mass is 16.2. The van der Waals surface area contributed by atoms with Gasteiger partial charge in [0.15, 0.2) is 0 Å². The first-order valence-electron chi connectivity index (χ1n) is 6.60. The summed E-state index contributed by atoms with van der Waals surface area (Å²) in [5.41, 5.74) is 7.81. The monoisotopic (exact) mass is 260 g/mol. The lowest BCUT2D eigenvalue weighted by Crippen LogP contribution is -2.42. The summed E-state index contributed by atoms with van der Waals surface area (Å²) in [7, 11) is 0. The van der Waals surface area contributed by atoms with Crippen molar-refractivity contribution in [3.8, 4) is 0 Å². The Morgan fingerprint density at radius 1 is 1.26 bits per heavy atom. The quantitative estimate of drug-likeness (QED) is 0.859. The average molecular weight is 260 g/mol. The van der Waals surface area contributed by atoms with Gasteiger partial charge >= 0.3 is 0 Å². The minimum Gasteiger partial charge on any atom is -0.369 e. The highest BCUT2D eigenvalue weighted by Gasteiger charge is 2.25. The molecule has 0 bridgehead atoms. The van der Waals surface area contributed by atoms with E-state index in [1.807, 2.05) is 18.2 Å². The second-order valence-electron chi connectivity index (χ2n) is 5.77. The molecule has 102 valence electrons. The Morgan fingerprint density at radius 3 is 2.63 bits per heavy atom. The number of amides is 2. The lowest BCUT2D eigenvalue weighted by Gasteiger charge is -2.20. The number of hydrogen-bond donors (Lipinski definition) is 2. The van der Waals surface area contributed by atoms with Crippen molar-refractivity contribution >= 4 is 11.8 Å². The third-order valence-corrected chi connectivity index (χ3v) is 3.72. The van der Waals surface area contributed by atoms with Gasteiger partial charge in [-0.3, -0.25) is 9.59 Å². The topological polar surface area (TPSA) is 72.2 Å². The molecule has 0 heterocycles. The molecule has 1 aromatic rings. The molecule has 2 rings (SSSR count). The summed E-state index contributed by atoms with van der Waals surface area (Å²) < 4.78 is 0. The van der Waals surface area contributed by atoms with Crippen molar-refractivity contribution in [3.05, 3.63) is 34.9 Å². The fourth-order valence-corrected chi connectivity index (χ4v) is 2.20. The lowest BCUT2D eigenvalue weighted by atomic mass is 9.92. The highest BCUT2D eigenvalue weighted by molar-refractivity contribution is 5.95. The van der Waals surface area contributed by atoms with Crippen molar-refractivity contribution in [3.63, 3.8) is 0 Å². The summed E-state index contributed by atoms with van der Waals surface area (Å²) in [6, 6.07) is 5.82. The summed E-state index contributed by atoms with van der Waals surface area (Å²) in [4.78, 5) is 23.2. The number of nitrogens with two attached hydrogens (primary N) is 1. The van der Waals surface area contributed by atoms with E-state index < -0.39 is 11.3 Å². The first-order valence-corrected chi connectivity index (χ1v) is 6.60. The Balaban J connectivity index is 2.03. The molecular weight excluding hydrogens is 240 g/mol. The molecule has 1 aliphatic carbocycles. The zero-order valence-corrected chi connectivity index (χ0v) is 11.5. The van der Waals surface area contributed by atoms with Crippen molar-refractivity contribution in [1.29, 1.82) is 0 Å². The molecule has 0 radical (unpaired) electrons. The number of aryl methyl sites for hydroxylation is 2. The zero-order chi connectivity index (χ0) is 14.0. The molecular formula is C15H20N2O2. The number of carbonyl (C=O) groups excluding carboxylic acids is 2. The van der Waals surface area contributed by atoms with Crippen LogP contribution in [0.5, 0.6) is 0 Å². The summed E-state index contributed by atoms with van der Waals surface area (Å²) >= 11 is 0. The van der Waals surface area contributed by atoms with Gasteiger partial charge in [0.2, 0.25) is 5.91 Å². The van der Waals surface area contributed by atoms with E-state index in [0.717, 1.165) is 19.3 Å². The van der Waals surface area contributed by atoms with E-state index >= 15 is 0 Å². The summed E-state index contributed by atoms with van der Waals surface area (Å²) in [5, 5.41) is 2.77. The van der Waals surface area contributed by atoms with Gasteiger partial charge in [0.25, 0.3) is 5.91 Å². The molecule has 0 saturated heterocycles. The van der Waals surface area contributed by atoms with Gasteiger partial charge in [0.1, 0.15) is 0 Å². The van der Waals surface area contributed by atoms with E-state index in [0.29, 0.717) is 5.56 Å². The molecule has 3 N–H and O–H groups in total. The molecule has 2 amide bonds. The van der Waals surface area contributed by atoms with E-state index in [2.05, 4.69) is 5.32 Å². The van der Waals surface area contributed by atoms with Gasteiger partial charge in [0.05, 0.1) is 5.41 Å². The molecule has 1 aromatic carbocycles. The average Bonchev–Trinajstić information content (AvgIpc) is 2.82. The van der Waals surface area contributed by atoms with E-state index in [-0.39, 0.29) is 12.5 Å². The number of primary amides is 1.